The summed E-state index contributed by atoms with van der Waals surface area (Å²) in [4.78, 5) is 29.4. The third-order valence-electron chi connectivity index (χ3n) is 6.39. The summed E-state index contributed by atoms with van der Waals surface area (Å²) in [6, 6.07) is 5.78. The van der Waals surface area contributed by atoms with Crippen LogP contribution in [0.3, 0.4) is 0 Å². The molecule has 1 unspecified atom stereocenters. The number of piperidine rings is 1. The molecule has 146 valence electrons. The van der Waals surface area contributed by atoms with E-state index in [1.54, 1.807) is 17.0 Å². The Balaban J connectivity index is 1.33. The van der Waals surface area contributed by atoms with E-state index in [1.165, 1.54) is 31.4 Å². The van der Waals surface area contributed by atoms with Crippen molar-refractivity contribution in [1.29, 1.82) is 0 Å². The van der Waals surface area contributed by atoms with Crippen LogP contribution in [-0.2, 0) is 9.59 Å². The van der Waals surface area contributed by atoms with Gasteiger partial charge in [0, 0.05) is 32.2 Å². The highest BCUT2D eigenvalue weighted by Gasteiger charge is 2.49. The molecular formula is C21H27FN2O3. The molecular weight excluding hydrogens is 347 g/mol. The Morgan fingerprint density at radius 2 is 2.07 bits per heavy atom. The molecule has 1 aliphatic carbocycles. The van der Waals surface area contributed by atoms with Crippen molar-refractivity contribution in [3.05, 3.63) is 30.1 Å². The van der Waals surface area contributed by atoms with Crippen LogP contribution in [0.2, 0.25) is 0 Å². The van der Waals surface area contributed by atoms with Gasteiger partial charge in [-0.05, 0) is 50.2 Å². The predicted octanol–water partition coefficient (Wildman–Crippen LogP) is 2.85. The van der Waals surface area contributed by atoms with Crippen LogP contribution in [0.1, 0.15) is 38.5 Å². The third-order valence-corrected chi connectivity index (χ3v) is 6.39. The van der Waals surface area contributed by atoms with Crippen LogP contribution in [-0.4, -0.2) is 54.4 Å². The first-order valence-corrected chi connectivity index (χ1v) is 10.0. The van der Waals surface area contributed by atoms with E-state index in [0.717, 1.165) is 32.4 Å². The molecule has 1 saturated carbocycles. The first kappa shape index (κ1) is 18.3. The lowest BCUT2D eigenvalue weighted by molar-refractivity contribution is -0.147. The summed E-state index contributed by atoms with van der Waals surface area (Å²) in [5, 5.41) is 0. The average molecular weight is 374 g/mol. The number of carbonyl (C=O) groups is 2. The number of hydrogen-bond donors (Lipinski definition) is 0. The van der Waals surface area contributed by atoms with Crippen molar-refractivity contribution in [2.24, 2.45) is 11.3 Å². The minimum Gasteiger partial charge on any atom is -0.484 e. The van der Waals surface area contributed by atoms with Gasteiger partial charge in [0.2, 0.25) is 5.91 Å². The van der Waals surface area contributed by atoms with Crippen LogP contribution < -0.4 is 4.74 Å². The van der Waals surface area contributed by atoms with Crippen molar-refractivity contribution in [3.63, 3.8) is 0 Å². The summed E-state index contributed by atoms with van der Waals surface area (Å²) in [7, 11) is 0. The van der Waals surface area contributed by atoms with Crippen molar-refractivity contribution in [2.45, 2.75) is 38.5 Å². The van der Waals surface area contributed by atoms with Gasteiger partial charge in [-0.2, -0.15) is 0 Å². The summed E-state index contributed by atoms with van der Waals surface area (Å²) in [6.07, 6.45) is 6.36. The lowest BCUT2D eigenvalue weighted by atomic mass is 9.77. The normalized spacial score (nSPS) is 25.7. The molecule has 6 heteroatoms. The van der Waals surface area contributed by atoms with Gasteiger partial charge < -0.3 is 14.5 Å². The topological polar surface area (TPSA) is 49.9 Å². The molecule has 2 amide bonds. The van der Waals surface area contributed by atoms with E-state index in [2.05, 4.69) is 0 Å². The predicted molar refractivity (Wildman–Crippen MR) is 98.7 cm³/mol. The minimum atomic E-state index is -0.406. The molecule has 1 spiro atoms. The Kier molecular flexibility index (Phi) is 5.06. The molecule has 1 aromatic carbocycles. The van der Waals surface area contributed by atoms with Gasteiger partial charge >= 0.3 is 0 Å². The second kappa shape index (κ2) is 7.49. The van der Waals surface area contributed by atoms with E-state index in [9.17, 15) is 14.0 Å². The molecule has 1 atom stereocenters. The lowest BCUT2D eigenvalue weighted by Gasteiger charge is -2.42. The van der Waals surface area contributed by atoms with Gasteiger partial charge in [-0.1, -0.05) is 12.5 Å². The van der Waals surface area contributed by atoms with Gasteiger partial charge in [-0.15, -0.1) is 0 Å². The summed E-state index contributed by atoms with van der Waals surface area (Å²) < 4.78 is 18.6. The average Bonchev–Trinajstić information content (AvgIpc) is 3.05. The second-order valence-corrected chi connectivity index (χ2v) is 8.24. The van der Waals surface area contributed by atoms with Crippen molar-refractivity contribution in [1.82, 2.24) is 9.80 Å². The Morgan fingerprint density at radius 3 is 2.81 bits per heavy atom. The number of nitrogens with zero attached hydrogens (tertiary/aromatic N) is 2. The first-order chi connectivity index (χ1) is 13.1. The molecule has 0 bridgehead atoms. The molecule has 4 rings (SSSR count). The summed E-state index contributed by atoms with van der Waals surface area (Å²) in [5.74, 6) is 0.724. The van der Waals surface area contributed by atoms with Gasteiger partial charge in [-0.3, -0.25) is 9.59 Å². The van der Waals surface area contributed by atoms with Gasteiger partial charge in [0.1, 0.15) is 11.6 Å². The van der Waals surface area contributed by atoms with Gasteiger partial charge in [-0.25, -0.2) is 4.39 Å². The van der Waals surface area contributed by atoms with E-state index in [1.807, 2.05) is 4.90 Å². The Hall–Kier alpha value is -2.11. The highest BCUT2D eigenvalue weighted by Crippen LogP contribution is 2.41. The number of likely N-dealkylation sites (tertiary alicyclic amines) is 2. The van der Waals surface area contributed by atoms with Crippen molar-refractivity contribution in [3.8, 4) is 5.75 Å². The van der Waals surface area contributed by atoms with Crippen LogP contribution >= 0.6 is 0 Å². The summed E-state index contributed by atoms with van der Waals surface area (Å²) >= 11 is 0. The number of amides is 2. The molecule has 2 saturated heterocycles. The molecule has 2 heterocycles. The van der Waals surface area contributed by atoms with Crippen LogP contribution in [0.15, 0.2) is 24.3 Å². The maximum Gasteiger partial charge on any atom is 0.260 e. The zero-order chi connectivity index (χ0) is 18.9. The maximum atomic E-state index is 13.2. The largest absolute Gasteiger partial charge is 0.484 e. The highest BCUT2D eigenvalue weighted by molar-refractivity contribution is 5.86. The smallest absolute Gasteiger partial charge is 0.260 e. The van der Waals surface area contributed by atoms with E-state index < -0.39 is 5.41 Å². The second-order valence-electron chi connectivity index (χ2n) is 8.24. The van der Waals surface area contributed by atoms with Crippen molar-refractivity contribution >= 4 is 11.8 Å². The van der Waals surface area contributed by atoms with E-state index in [0.29, 0.717) is 24.8 Å². The Morgan fingerprint density at radius 1 is 1.22 bits per heavy atom. The number of hydrogen-bond acceptors (Lipinski definition) is 3. The summed E-state index contributed by atoms with van der Waals surface area (Å²) in [5.41, 5.74) is -0.406. The summed E-state index contributed by atoms with van der Waals surface area (Å²) in [6.45, 7) is 2.69. The molecule has 0 N–H and O–H groups in total. The number of ether oxygens (including phenoxy) is 1. The van der Waals surface area contributed by atoms with Crippen LogP contribution in [0.25, 0.3) is 0 Å². The maximum absolute atomic E-state index is 13.2. The van der Waals surface area contributed by atoms with E-state index in [4.69, 9.17) is 4.74 Å². The van der Waals surface area contributed by atoms with Crippen LogP contribution in [0.4, 0.5) is 4.39 Å². The first-order valence-electron chi connectivity index (χ1n) is 10.0. The standard InChI is InChI=1S/C21H27FN2O3/c22-17-6-2-7-18(12-17)27-14-19(25)24-11-9-21(15-24)8-3-10-23(20(21)26)13-16-4-1-5-16/h2,6-7,12,16H,1,3-5,8-11,13-15H2. The fourth-order valence-corrected chi connectivity index (χ4v) is 4.57. The zero-order valence-corrected chi connectivity index (χ0v) is 15.7. The third kappa shape index (κ3) is 3.80. The lowest BCUT2D eigenvalue weighted by Crippen LogP contribution is -2.52. The van der Waals surface area contributed by atoms with Crippen LogP contribution in [0.5, 0.6) is 5.75 Å². The number of carbonyl (C=O) groups excluding carboxylic acids is 2. The van der Waals surface area contributed by atoms with Crippen molar-refractivity contribution < 1.29 is 18.7 Å². The number of rotatable bonds is 5. The quantitative estimate of drug-likeness (QED) is 0.796. The van der Waals surface area contributed by atoms with Gasteiger partial charge in [0.25, 0.3) is 5.91 Å². The Labute approximate surface area is 159 Å². The van der Waals surface area contributed by atoms with Gasteiger partial charge in [0.15, 0.2) is 6.61 Å². The van der Waals surface area contributed by atoms with E-state index >= 15 is 0 Å². The molecule has 2 aliphatic heterocycles. The monoisotopic (exact) mass is 374 g/mol. The fraction of sp³-hybridized carbons (Fsp3) is 0.619. The number of halogens is 1. The van der Waals surface area contributed by atoms with E-state index in [-0.39, 0.29) is 24.2 Å². The minimum absolute atomic E-state index is 0.125. The molecule has 0 radical (unpaired) electrons. The molecule has 1 aromatic rings. The fourth-order valence-electron chi connectivity index (χ4n) is 4.57. The molecule has 5 nitrogen and oxygen atoms in total. The van der Waals surface area contributed by atoms with Crippen LogP contribution in [0, 0.1) is 17.2 Å². The SMILES string of the molecule is O=C(COc1cccc(F)c1)N1CCC2(CCCN(CC3CCC3)C2=O)C1. The molecule has 3 aliphatic rings. The molecule has 3 fully saturated rings. The van der Waals surface area contributed by atoms with Gasteiger partial charge in [0.05, 0.1) is 5.41 Å². The highest BCUT2D eigenvalue weighted by atomic mass is 19.1. The Bertz CT molecular complexity index is 721. The van der Waals surface area contributed by atoms with Crippen molar-refractivity contribution in [2.75, 3.05) is 32.8 Å². The molecule has 0 aromatic heterocycles. The number of benzene rings is 1. The molecule has 27 heavy (non-hydrogen) atoms. The zero-order valence-electron chi connectivity index (χ0n) is 15.7.